The molecule has 0 aromatic carbocycles. The molecule has 1 aromatic heterocycles. The van der Waals surface area contributed by atoms with Crippen molar-refractivity contribution in [2.45, 2.75) is 45.6 Å². The zero-order chi connectivity index (χ0) is 11.8. The normalized spacial score (nSPS) is 35.6. The second-order valence-electron chi connectivity index (χ2n) is 5.67. The quantitative estimate of drug-likeness (QED) is 0.830. The van der Waals surface area contributed by atoms with Gasteiger partial charge in [0, 0.05) is 5.56 Å². The maximum absolute atomic E-state index is 11.0. The highest BCUT2D eigenvalue weighted by molar-refractivity contribution is 5.19. The van der Waals surface area contributed by atoms with E-state index in [1.165, 1.54) is 6.42 Å². The Labute approximate surface area is 97.7 Å². The molecule has 1 heterocycles. The Kier molecular flexibility index (Phi) is 3.11. The van der Waals surface area contributed by atoms with Crippen molar-refractivity contribution in [3.05, 3.63) is 24.2 Å². The summed E-state index contributed by atoms with van der Waals surface area (Å²) in [7, 11) is 0. The smallest absolute Gasteiger partial charge is 0.0963 e. The van der Waals surface area contributed by atoms with Crippen LogP contribution in [0.5, 0.6) is 0 Å². The minimum atomic E-state index is -0.682. The van der Waals surface area contributed by atoms with E-state index in [2.05, 4.69) is 20.8 Å². The Hall–Kier alpha value is -0.760. The first-order valence-electron chi connectivity index (χ1n) is 6.29. The van der Waals surface area contributed by atoms with Crippen LogP contribution in [0, 0.1) is 17.8 Å². The lowest BCUT2D eigenvalue weighted by molar-refractivity contribution is -0.0868. The van der Waals surface area contributed by atoms with E-state index in [1.54, 1.807) is 12.5 Å². The fourth-order valence-electron chi connectivity index (χ4n) is 3.22. The molecule has 0 bridgehead atoms. The topological polar surface area (TPSA) is 33.4 Å². The number of aliphatic hydroxyl groups is 1. The van der Waals surface area contributed by atoms with E-state index < -0.39 is 5.60 Å². The molecule has 0 radical (unpaired) electrons. The summed E-state index contributed by atoms with van der Waals surface area (Å²) in [5.74, 6) is 1.45. The van der Waals surface area contributed by atoms with Gasteiger partial charge in [-0.25, -0.2) is 0 Å². The largest absolute Gasteiger partial charge is 0.472 e. The molecule has 0 spiro atoms. The van der Waals surface area contributed by atoms with Crippen LogP contribution >= 0.6 is 0 Å². The van der Waals surface area contributed by atoms with Crippen molar-refractivity contribution < 1.29 is 9.52 Å². The molecular weight excluding hydrogens is 200 g/mol. The third kappa shape index (κ3) is 1.91. The van der Waals surface area contributed by atoms with Gasteiger partial charge in [-0.15, -0.1) is 0 Å². The molecule has 90 valence electrons. The molecule has 2 rings (SSSR count). The second-order valence-corrected chi connectivity index (χ2v) is 5.67. The first kappa shape index (κ1) is 11.7. The number of furan rings is 1. The highest BCUT2D eigenvalue weighted by Gasteiger charge is 2.44. The summed E-state index contributed by atoms with van der Waals surface area (Å²) in [6, 6.07) is 1.91. The van der Waals surface area contributed by atoms with Crippen LogP contribution in [0.2, 0.25) is 0 Å². The molecule has 2 nitrogen and oxygen atoms in total. The Balaban J connectivity index is 2.32. The van der Waals surface area contributed by atoms with E-state index in [9.17, 15) is 5.11 Å². The van der Waals surface area contributed by atoms with Gasteiger partial charge in [0.1, 0.15) is 0 Å². The van der Waals surface area contributed by atoms with Gasteiger partial charge in [-0.1, -0.05) is 27.2 Å². The Morgan fingerprint density at radius 2 is 2.19 bits per heavy atom. The van der Waals surface area contributed by atoms with Crippen molar-refractivity contribution in [1.29, 1.82) is 0 Å². The standard InChI is InChI=1S/C14H22O2/c1-10(2)13-5-4-11(3)8-14(13,15)12-6-7-16-9-12/h6-7,9-11,13,15H,4-5,8H2,1-3H3. The summed E-state index contributed by atoms with van der Waals surface area (Å²) in [6.45, 7) is 6.62. The summed E-state index contributed by atoms with van der Waals surface area (Å²) < 4.78 is 5.14. The van der Waals surface area contributed by atoms with Gasteiger partial charge in [0.2, 0.25) is 0 Å². The monoisotopic (exact) mass is 222 g/mol. The van der Waals surface area contributed by atoms with E-state index in [-0.39, 0.29) is 0 Å². The molecule has 0 amide bonds. The lowest BCUT2D eigenvalue weighted by Gasteiger charge is -2.44. The Morgan fingerprint density at radius 3 is 2.75 bits per heavy atom. The van der Waals surface area contributed by atoms with Gasteiger partial charge < -0.3 is 9.52 Å². The zero-order valence-electron chi connectivity index (χ0n) is 10.4. The molecule has 2 heteroatoms. The molecule has 0 saturated heterocycles. The fourth-order valence-corrected chi connectivity index (χ4v) is 3.22. The molecule has 1 aliphatic rings. The number of hydrogen-bond acceptors (Lipinski definition) is 2. The van der Waals surface area contributed by atoms with Crippen molar-refractivity contribution in [1.82, 2.24) is 0 Å². The molecule has 1 N–H and O–H groups in total. The third-order valence-corrected chi connectivity index (χ3v) is 4.07. The predicted octanol–water partition coefficient (Wildman–Crippen LogP) is 3.56. The van der Waals surface area contributed by atoms with E-state index in [4.69, 9.17) is 4.42 Å². The Bertz CT molecular complexity index is 329. The van der Waals surface area contributed by atoms with Crippen LogP contribution in [0.25, 0.3) is 0 Å². The first-order chi connectivity index (χ1) is 7.54. The summed E-state index contributed by atoms with van der Waals surface area (Å²) in [6.07, 6.45) is 6.55. The molecular formula is C14H22O2. The highest BCUT2D eigenvalue weighted by atomic mass is 16.3. The van der Waals surface area contributed by atoms with E-state index in [0.29, 0.717) is 17.8 Å². The third-order valence-electron chi connectivity index (χ3n) is 4.07. The van der Waals surface area contributed by atoms with Crippen LogP contribution in [0.15, 0.2) is 23.0 Å². The van der Waals surface area contributed by atoms with Crippen molar-refractivity contribution in [2.24, 2.45) is 17.8 Å². The summed E-state index contributed by atoms with van der Waals surface area (Å²) in [5, 5.41) is 11.0. The van der Waals surface area contributed by atoms with Crippen LogP contribution in [-0.4, -0.2) is 5.11 Å². The van der Waals surface area contributed by atoms with E-state index in [0.717, 1.165) is 18.4 Å². The maximum atomic E-state index is 11.0. The van der Waals surface area contributed by atoms with Gasteiger partial charge >= 0.3 is 0 Å². The minimum Gasteiger partial charge on any atom is -0.472 e. The van der Waals surface area contributed by atoms with E-state index in [1.807, 2.05) is 6.07 Å². The fraction of sp³-hybridized carbons (Fsp3) is 0.714. The van der Waals surface area contributed by atoms with Crippen molar-refractivity contribution >= 4 is 0 Å². The second kappa shape index (κ2) is 4.25. The van der Waals surface area contributed by atoms with Crippen LogP contribution in [0.1, 0.15) is 45.6 Å². The number of hydrogen-bond donors (Lipinski definition) is 1. The minimum absolute atomic E-state index is 0.348. The SMILES string of the molecule is CC1CCC(C(C)C)C(O)(c2ccoc2)C1. The van der Waals surface area contributed by atoms with Crippen molar-refractivity contribution in [2.75, 3.05) is 0 Å². The molecule has 1 saturated carbocycles. The lowest BCUT2D eigenvalue weighted by atomic mass is 9.65. The van der Waals surface area contributed by atoms with Gasteiger partial charge in [0.15, 0.2) is 0 Å². The Morgan fingerprint density at radius 1 is 1.44 bits per heavy atom. The first-order valence-corrected chi connectivity index (χ1v) is 6.29. The van der Waals surface area contributed by atoms with Gasteiger partial charge in [0.25, 0.3) is 0 Å². The maximum Gasteiger partial charge on any atom is 0.0963 e. The van der Waals surface area contributed by atoms with Gasteiger partial charge in [-0.3, -0.25) is 0 Å². The molecule has 3 unspecified atom stereocenters. The van der Waals surface area contributed by atoms with Gasteiger partial charge in [-0.2, -0.15) is 0 Å². The van der Waals surface area contributed by atoms with E-state index >= 15 is 0 Å². The average molecular weight is 222 g/mol. The van der Waals surface area contributed by atoms with Crippen LogP contribution in [0.3, 0.4) is 0 Å². The summed E-state index contributed by atoms with van der Waals surface area (Å²) in [4.78, 5) is 0. The number of rotatable bonds is 2. The van der Waals surface area contributed by atoms with Gasteiger partial charge in [0.05, 0.1) is 18.1 Å². The predicted molar refractivity (Wildman–Crippen MR) is 63.9 cm³/mol. The molecule has 16 heavy (non-hydrogen) atoms. The zero-order valence-corrected chi connectivity index (χ0v) is 10.4. The lowest BCUT2D eigenvalue weighted by Crippen LogP contribution is -2.42. The average Bonchev–Trinajstić information content (AvgIpc) is 2.69. The highest BCUT2D eigenvalue weighted by Crippen LogP contribution is 2.47. The molecule has 1 aliphatic carbocycles. The summed E-state index contributed by atoms with van der Waals surface area (Å²) >= 11 is 0. The van der Waals surface area contributed by atoms with Gasteiger partial charge in [-0.05, 0) is 36.7 Å². The molecule has 0 aliphatic heterocycles. The van der Waals surface area contributed by atoms with Crippen LogP contribution in [0.4, 0.5) is 0 Å². The van der Waals surface area contributed by atoms with Crippen molar-refractivity contribution in [3.8, 4) is 0 Å². The van der Waals surface area contributed by atoms with Crippen LogP contribution < -0.4 is 0 Å². The molecule has 1 fully saturated rings. The molecule has 1 aromatic rings. The van der Waals surface area contributed by atoms with Crippen molar-refractivity contribution in [3.63, 3.8) is 0 Å². The summed E-state index contributed by atoms with van der Waals surface area (Å²) in [5.41, 5.74) is 0.275. The molecule has 3 atom stereocenters. The van der Waals surface area contributed by atoms with Crippen LogP contribution in [-0.2, 0) is 5.60 Å².